The molecule has 4 heterocycles. The lowest BCUT2D eigenvalue weighted by Crippen LogP contribution is -2.61. The number of anilines is 1. The van der Waals surface area contributed by atoms with Gasteiger partial charge in [-0.1, -0.05) is 41.9 Å². The fourth-order valence-electron chi connectivity index (χ4n) is 7.98. The lowest BCUT2D eigenvalue weighted by molar-refractivity contribution is -0.152. The molecular formula is C38H51ClN6O6. The van der Waals surface area contributed by atoms with Crippen LogP contribution in [-0.4, -0.2) is 126 Å². The molecule has 0 aromatic heterocycles. The van der Waals surface area contributed by atoms with Gasteiger partial charge in [-0.15, -0.1) is 0 Å². The highest BCUT2D eigenvalue weighted by Gasteiger charge is 2.40. The number of nitrogens with one attached hydrogen (secondary N) is 1. The molecule has 2 aromatic rings. The van der Waals surface area contributed by atoms with Gasteiger partial charge in [-0.25, -0.2) is 9.59 Å². The molecule has 0 radical (unpaired) electrons. The number of piperidine rings is 2. The number of halogens is 1. The van der Waals surface area contributed by atoms with Gasteiger partial charge in [0, 0.05) is 61.9 Å². The van der Waals surface area contributed by atoms with E-state index in [1.807, 2.05) is 59.2 Å². The zero-order valence-corrected chi connectivity index (χ0v) is 30.8. The molecule has 3 fully saturated rings. The van der Waals surface area contributed by atoms with Crippen molar-refractivity contribution in [3.8, 4) is 0 Å². The first kappa shape index (κ1) is 36.9. The van der Waals surface area contributed by atoms with Gasteiger partial charge < -0.3 is 34.4 Å². The molecule has 3 saturated heterocycles. The Bertz CT molecular complexity index is 1580. The van der Waals surface area contributed by atoms with E-state index in [1.165, 1.54) is 0 Å². The van der Waals surface area contributed by atoms with Crippen LogP contribution in [0.5, 0.6) is 0 Å². The summed E-state index contributed by atoms with van der Waals surface area (Å²) >= 11 is 6.33. The minimum atomic E-state index is -0.743. The van der Waals surface area contributed by atoms with Gasteiger partial charge in [0.2, 0.25) is 11.8 Å². The molecule has 4 aliphatic heterocycles. The van der Waals surface area contributed by atoms with E-state index in [-0.39, 0.29) is 49.5 Å². The van der Waals surface area contributed by atoms with Crippen LogP contribution in [0.15, 0.2) is 42.5 Å². The van der Waals surface area contributed by atoms with Gasteiger partial charge in [0.05, 0.1) is 19.1 Å². The quantitative estimate of drug-likeness (QED) is 0.361. The number of ether oxygens (including phenoxy) is 2. The summed E-state index contributed by atoms with van der Waals surface area (Å²) in [5.74, 6) is -0.816. The van der Waals surface area contributed by atoms with Crippen LogP contribution in [0.3, 0.4) is 0 Å². The van der Waals surface area contributed by atoms with Crippen molar-refractivity contribution < 1.29 is 28.7 Å². The van der Waals surface area contributed by atoms with E-state index >= 15 is 0 Å². The highest BCUT2D eigenvalue weighted by atomic mass is 35.5. The van der Waals surface area contributed by atoms with Gasteiger partial charge in [-0.05, 0) is 94.9 Å². The summed E-state index contributed by atoms with van der Waals surface area (Å²) in [6, 6.07) is 13.7. The molecule has 2 unspecified atom stereocenters. The van der Waals surface area contributed by atoms with Crippen molar-refractivity contribution in [2.75, 3.05) is 64.8 Å². The molecule has 0 spiro atoms. The van der Waals surface area contributed by atoms with Crippen molar-refractivity contribution in [1.82, 2.24) is 24.5 Å². The number of urea groups is 1. The lowest BCUT2D eigenvalue weighted by atomic mass is 9.92. The summed E-state index contributed by atoms with van der Waals surface area (Å²) in [4.78, 5) is 63.8. The van der Waals surface area contributed by atoms with Crippen LogP contribution in [0.2, 0.25) is 5.02 Å². The van der Waals surface area contributed by atoms with Crippen molar-refractivity contribution >= 4 is 41.3 Å². The topological polar surface area (TPSA) is 115 Å². The molecule has 13 heteroatoms. The Morgan fingerprint density at radius 2 is 1.67 bits per heavy atom. The van der Waals surface area contributed by atoms with Crippen LogP contribution >= 0.6 is 11.6 Å². The zero-order chi connectivity index (χ0) is 36.1. The van der Waals surface area contributed by atoms with Crippen molar-refractivity contribution in [2.45, 2.75) is 77.2 Å². The molecular weight excluding hydrogens is 672 g/mol. The Kier molecular flexibility index (Phi) is 12.0. The van der Waals surface area contributed by atoms with Crippen LogP contribution in [0.25, 0.3) is 0 Å². The first-order valence-corrected chi connectivity index (χ1v) is 18.7. The molecule has 276 valence electrons. The monoisotopic (exact) mass is 722 g/mol. The molecule has 0 aliphatic carbocycles. The molecule has 12 nitrogen and oxygen atoms in total. The largest absolute Gasteiger partial charge is 0.509 e. The Morgan fingerprint density at radius 3 is 2.39 bits per heavy atom. The van der Waals surface area contributed by atoms with Crippen molar-refractivity contribution in [3.05, 3.63) is 64.2 Å². The van der Waals surface area contributed by atoms with Crippen molar-refractivity contribution in [1.29, 1.82) is 0 Å². The smallest absolute Gasteiger partial charge is 0.435 e. The van der Waals surface area contributed by atoms with E-state index in [9.17, 15) is 19.2 Å². The van der Waals surface area contributed by atoms with Crippen molar-refractivity contribution in [3.63, 3.8) is 0 Å². The number of rotatable bonds is 9. The van der Waals surface area contributed by atoms with E-state index in [0.29, 0.717) is 57.0 Å². The fraction of sp³-hybridized carbons (Fsp3) is 0.579. The summed E-state index contributed by atoms with van der Waals surface area (Å²) < 4.78 is 11.0. The summed E-state index contributed by atoms with van der Waals surface area (Å²) in [6.45, 7) is 8.60. The number of aryl methyl sites for hydroxylation is 1. The Morgan fingerprint density at radius 1 is 0.941 bits per heavy atom. The molecule has 6 rings (SSSR count). The molecule has 4 amide bonds. The second-order valence-corrected chi connectivity index (χ2v) is 14.7. The Hall–Kier alpha value is -3.87. The number of para-hydroxylation sites is 1. The molecule has 1 N–H and O–H groups in total. The third-order valence-electron chi connectivity index (χ3n) is 10.9. The number of likely N-dealkylation sites (tertiary alicyclic amines) is 2. The highest BCUT2D eigenvalue weighted by molar-refractivity contribution is 6.31. The van der Waals surface area contributed by atoms with E-state index in [4.69, 9.17) is 21.1 Å². The number of nitrogens with zero attached hydrogens (tertiary/aromatic N) is 5. The normalized spacial score (nSPS) is 21.5. The van der Waals surface area contributed by atoms with E-state index < -0.39 is 18.3 Å². The maximum atomic E-state index is 14.4. The Labute approximate surface area is 305 Å². The molecule has 51 heavy (non-hydrogen) atoms. The molecule has 2 aromatic carbocycles. The van der Waals surface area contributed by atoms with Gasteiger partial charge >= 0.3 is 12.2 Å². The second-order valence-electron chi connectivity index (χ2n) is 14.3. The van der Waals surface area contributed by atoms with E-state index in [0.717, 1.165) is 48.3 Å². The SMILES string of the molecule is CCOC(=O)OC1CN(C(=O)C(CC(=O)N2CCC(N3Cc4ccccc4NC3=O)CC2)Cc2ccc(Cl)c(C)c2)CCN1C1CCN(C)CC1. The number of fused-ring (bicyclic) bond motifs is 1. The Balaban J connectivity index is 1.13. The lowest BCUT2D eigenvalue weighted by Gasteiger charge is -2.46. The number of piperazine rings is 1. The summed E-state index contributed by atoms with van der Waals surface area (Å²) in [6.07, 6.45) is 2.30. The van der Waals surface area contributed by atoms with Crippen molar-refractivity contribution in [2.24, 2.45) is 5.92 Å². The maximum Gasteiger partial charge on any atom is 0.509 e. The van der Waals surface area contributed by atoms with Crippen LogP contribution in [-0.2, 0) is 32.0 Å². The molecule has 0 bridgehead atoms. The standard InChI is InChI=1S/C38H51ClN6O6/c1-4-50-38(49)51-35-25-43(19-20-44(35)30-11-15-41(3)16-12-30)36(47)29(22-27-9-10-32(39)26(2)21-27)23-34(46)42-17-13-31(14-18-42)45-24-28-7-5-6-8-33(28)40-37(45)48/h5-10,21,29-31,35H,4,11-20,22-25H2,1-3H3,(H,40,48). The number of hydrogen-bond acceptors (Lipinski definition) is 8. The number of carbonyl (C=O) groups is 4. The predicted molar refractivity (Wildman–Crippen MR) is 194 cm³/mol. The number of hydrogen-bond donors (Lipinski definition) is 1. The summed E-state index contributed by atoms with van der Waals surface area (Å²) in [5, 5.41) is 3.65. The van der Waals surface area contributed by atoms with Gasteiger partial charge in [0.25, 0.3) is 0 Å². The first-order valence-electron chi connectivity index (χ1n) is 18.3. The summed E-state index contributed by atoms with van der Waals surface area (Å²) in [7, 11) is 2.11. The second kappa shape index (κ2) is 16.6. The van der Waals surface area contributed by atoms with Gasteiger partial charge in [0.15, 0.2) is 6.23 Å². The average molecular weight is 723 g/mol. The zero-order valence-electron chi connectivity index (χ0n) is 30.0. The molecule has 0 saturated carbocycles. The third kappa shape index (κ3) is 8.96. The van der Waals surface area contributed by atoms with E-state index in [1.54, 1.807) is 11.8 Å². The third-order valence-corrected chi connectivity index (χ3v) is 11.4. The molecule has 2 atom stereocenters. The van der Waals surface area contributed by atoms with Crippen LogP contribution < -0.4 is 5.32 Å². The van der Waals surface area contributed by atoms with E-state index in [2.05, 4.69) is 22.2 Å². The summed E-state index contributed by atoms with van der Waals surface area (Å²) in [5.41, 5.74) is 3.77. The van der Waals surface area contributed by atoms with Crippen LogP contribution in [0.1, 0.15) is 55.7 Å². The van der Waals surface area contributed by atoms with Gasteiger partial charge in [0.1, 0.15) is 0 Å². The predicted octanol–water partition coefficient (Wildman–Crippen LogP) is 4.97. The highest BCUT2D eigenvalue weighted by Crippen LogP contribution is 2.30. The minimum Gasteiger partial charge on any atom is -0.435 e. The molecule has 4 aliphatic rings. The van der Waals surface area contributed by atoms with Gasteiger partial charge in [-0.2, -0.15) is 0 Å². The van der Waals surface area contributed by atoms with Crippen LogP contribution in [0.4, 0.5) is 15.3 Å². The number of amides is 4. The average Bonchev–Trinajstić information content (AvgIpc) is 3.13. The van der Waals surface area contributed by atoms with Gasteiger partial charge in [-0.3, -0.25) is 14.5 Å². The minimum absolute atomic E-state index is 0.0223. The first-order chi connectivity index (χ1) is 24.6. The number of carbonyl (C=O) groups excluding carboxylic acids is 4. The number of benzene rings is 2. The van der Waals surface area contributed by atoms with Crippen LogP contribution in [0, 0.1) is 12.8 Å². The fourth-order valence-corrected chi connectivity index (χ4v) is 8.10. The maximum absolute atomic E-state index is 14.4.